The summed E-state index contributed by atoms with van der Waals surface area (Å²) in [5.74, 6) is 8.11. The van der Waals surface area contributed by atoms with E-state index >= 15 is 0 Å². The van der Waals surface area contributed by atoms with E-state index in [0.29, 0.717) is 11.1 Å². The van der Waals surface area contributed by atoms with E-state index in [9.17, 15) is 17.6 Å². The highest BCUT2D eigenvalue weighted by atomic mass is 19.1. The van der Waals surface area contributed by atoms with E-state index in [1.54, 1.807) is 24.3 Å². The normalized spacial score (nSPS) is 10.3. The van der Waals surface area contributed by atoms with Crippen LogP contribution >= 0.6 is 0 Å². The third kappa shape index (κ3) is 5.23. The molecule has 162 valence electrons. The molecule has 5 heteroatoms. The van der Waals surface area contributed by atoms with Gasteiger partial charge < -0.3 is 4.74 Å². The van der Waals surface area contributed by atoms with Crippen molar-refractivity contribution < 1.29 is 22.3 Å². The van der Waals surface area contributed by atoms with Crippen molar-refractivity contribution in [1.29, 1.82) is 0 Å². The van der Waals surface area contributed by atoms with Crippen molar-refractivity contribution >= 4 is 10.8 Å². The van der Waals surface area contributed by atoms with Gasteiger partial charge >= 0.3 is 0 Å². The molecule has 0 spiro atoms. The highest BCUT2D eigenvalue weighted by Gasteiger charge is 2.09. The summed E-state index contributed by atoms with van der Waals surface area (Å²) in [4.78, 5) is 0. The van der Waals surface area contributed by atoms with Crippen LogP contribution in [0.3, 0.4) is 0 Å². The molecule has 0 saturated carbocycles. The molecule has 0 radical (unpaired) electrons. The van der Waals surface area contributed by atoms with E-state index in [4.69, 9.17) is 4.74 Å². The highest BCUT2D eigenvalue weighted by molar-refractivity contribution is 5.84. The number of hydrogen-bond donors (Lipinski definition) is 0. The van der Waals surface area contributed by atoms with Gasteiger partial charge in [-0.25, -0.2) is 17.6 Å². The third-order valence-corrected chi connectivity index (χ3v) is 4.86. The molecule has 0 aliphatic rings. The molecule has 0 fully saturated rings. The first-order valence-corrected chi connectivity index (χ1v) is 9.93. The Morgan fingerprint density at radius 3 is 2.00 bits per heavy atom. The van der Waals surface area contributed by atoms with Crippen molar-refractivity contribution in [1.82, 2.24) is 0 Å². The SMILES string of the molecule is COCc1cc(F)c(C#Cc2ccc(C#Cc3ccc4cc(F)ccc4c3)c(F)c2)c(F)c1. The van der Waals surface area contributed by atoms with Crippen LogP contribution < -0.4 is 0 Å². The molecule has 4 rings (SSSR count). The quantitative estimate of drug-likeness (QED) is 0.259. The highest BCUT2D eigenvalue weighted by Crippen LogP contribution is 2.18. The van der Waals surface area contributed by atoms with Crippen LogP contribution in [0.1, 0.15) is 27.8 Å². The lowest BCUT2D eigenvalue weighted by Crippen LogP contribution is -1.96. The fraction of sp³-hybridized carbons (Fsp3) is 0.0714. The second-order valence-electron chi connectivity index (χ2n) is 7.27. The smallest absolute Gasteiger partial charge is 0.142 e. The van der Waals surface area contributed by atoms with Crippen LogP contribution in [-0.4, -0.2) is 7.11 Å². The fourth-order valence-electron chi connectivity index (χ4n) is 3.26. The lowest BCUT2D eigenvalue weighted by molar-refractivity contribution is 0.184. The van der Waals surface area contributed by atoms with Gasteiger partial charge in [0, 0.05) is 18.2 Å². The Morgan fingerprint density at radius 2 is 1.27 bits per heavy atom. The molecular formula is C28H16F4O. The maximum absolute atomic E-state index is 14.5. The largest absolute Gasteiger partial charge is 0.380 e. The summed E-state index contributed by atoms with van der Waals surface area (Å²) in [5, 5.41) is 1.57. The zero-order valence-corrected chi connectivity index (χ0v) is 17.5. The van der Waals surface area contributed by atoms with E-state index in [1.807, 2.05) is 0 Å². The molecule has 1 nitrogen and oxygen atoms in total. The molecule has 4 aromatic carbocycles. The van der Waals surface area contributed by atoms with Crippen molar-refractivity contribution in [3.05, 3.63) is 118 Å². The lowest BCUT2D eigenvalue weighted by Gasteiger charge is -2.03. The second-order valence-corrected chi connectivity index (χ2v) is 7.27. The molecule has 0 amide bonds. The molecule has 0 saturated heterocycles. The Hall–Kier alpha value is -4.06. The summed E-state index contributed by atoms with van der Waals surface area (Å²) >= 11 is 0. The molecule has 0 N–H and O–H groups in total. The van der Waals surface area contributed by atoms with Gasteiger partial charge in [-0.2, -0.15) is 0 Å². The van der Waals surface area contributed by atoms with Crippen LogP contribution in [0.25, 0.3) is 10.8 Å². The summed E-state index contributed by atoms with van der Waals surface area (Å²) in [6.07, 6.45) is 0. The first kappa shape index (κ1) is 22.1. The van der Waals surface area contributed by atoms with E-state index in [0.717, 1.165) is 29.0 Å². The van der Waals surface area contributed by atoms with Gasteiger partial charge in [0.2, 0.25) is 0 Å². The Bertz CT molecular complexity index is 1460. The molecular weight excluding hydrogens is 428 g/mol. The first-order valence-electron chi connectivity index (χ1n) is 9.93. The molecule has 0 unspecified atom stereocenters. The minimum Gasteiger partial charge on any atom is -0.380 e. The van der Waals surface area contributed by atoms with E-state index in [1.165, 1.54) is 31.4 Å². The predicted octanol–water partition coefficient (Wildman–Crippen LogP) is 6.34. The number of hydrogen-bond acceptors (Lipinski definition) is 1. The number of halogens is 4. The van der Waals surface area contributed by atoms with Gasteiger partial charge in [-0.15, -0.1) is 0 Å². The Labute approximate surface area is 188 Å². The van der Waals surface area contributed by atoms with E-state index in [-0.39, 0.29) is 23.6 Å². The van der Waals surface area contributed by atoms with E-state index in [2.05, 4.69) is 23.7 Å². The maximum atomic E-state index is 14.5. The van der Waals surface area contributed by atoms with Gasteiger partial charge in [0.25, 0.3) is 0 Å². The standard InChI is InChI=1S/C28H16F4O/c1-33-17-20-14-27(31)25(28(32)15-20)11-5-19-3-7-21(26(30)13-19)6-2-18-4-8-23-16-24(29)10-9-22(23)12-18/h3-4,7-10,12-16H,17H2,1H3. The van der Waals surface area contributed by atoms with Crippen molar-refractivity contribution in [3.63, 3.8) is 0 Å². The summed E-state index contributed by atoms with van der Waals surface area (Å²) in [6.45, 7) is 0.0764. The molecule has 0 atom stereocenters. The fourth-order valence-corrected chi connectivity index (χ4v) is 3.26. The average Bonchev–Trinajstić information content (AvgIpc) is 2.78. The van der Waals surface area contributed by atoms with Crippen molar-refractivity contribution in [3.8, 4) is 23.7 Å². The molecule has 0 bridgehead atoms. The van der Waals surface area contributed by atoms with Crippen molar-refractivity contribution in [2.24, 2.45) is 0 Å². The van der Waals surface area contributed by atoms with E-state index < -0.39 is 23.0 Å². The third-order valence-electron chi connectivity index (χ3n) is 4.86. The van der Waals surface area contributed by atoms with Gasteiger partial charge in [-0.1, -0.05) is 35.8 Å². The van der Waals surface area contributed by atoms with Gasteiger partial charge in [0.1, 0.15) is 23.3 Å². The van der Waals surface area contributed by atoms with Gasteiger partial charge in [-0.05, 0) is 70.9 Å². The van der Waals surface area contributed by atoms with Crippen LogP contribution in [0, 0.1) is 47.0 Å². The molecule has 0 aliphatic carbocycles. The molecule has 0 aromatic heterocycles. The van der Waals surface area contributed by atoms with Crippen LogP contribution in [0.2, 0.25) is 0 Å². The number of rotatable bonds is 2. The number of ether oxygens (including phenoxy) is 1. The van der Waals surface area contributed by atoms with Crippen molar-refractivity contribution in [2.45, 2.75) is 6.61 Å². The van der Waals surface area contributed by atoms with Gasteiger partial charge in [-0.3, -0.25) is 0 Å². The van der Waals surface area contributed by atoms with Crippen LogP contribution in [0.15, 0.2) is 66.7 Å². The summed E-state index contributed by atoms with van der Waals surface area (Å²) < 4.78 is 61.0. The Balaban J connectivity index is 1.57. The molecule has 33 heavy (non-hydrogen) atoms. The minimum absolute atomic E-state index is 0.0764. The van der Waals surface area contributed by atoms with Crippen LogP contribution in [0.4, 0.5) is 17.6 Å². The monoisotopic (exact) mass is 444 g/mol. The first-order chi connectivity index (χ1) is 15.9. The van der Waals surface area contributed by atoms with Crippen LogP contribution in [-0.2, 0) is 11.3 Å². The Morgan fingerprint density at radius 1 is 0.636 bits per heavy atom. The van der Waals surface area contributed by atoms with Gasteiger partial charge in [0.15, 0.2) is 0 Å². The summed E-state index contributed by atoms with van der Waals surface area (Å²) in [5.41, 5.74) is 1.02. The van der Waals surface area contributed by atoms with Crippen LogP contribution in [0.5, 0.6) is 0 Å². The zero-order chi connectivity index (χ0) is 23.4. The second kappa shape index (κ2) is 9.61. The topological polar surface area (TPSA) is 9.23 Å². The minimum atomic E-state index is -0.810. The van der Waals surface area contributed by atoms with Gasteiger partial charge in [0.05, 0.1) is 17.7 Å². The average molecular weight is 444 g/mol. The number of methoxy groups -OCH3 is 1. The Kier molecular flexibility index (Phi) is 6.45. The number of fused-ring (bicyclic) bond motifs is 1. The lowest BCUT2D eigenvalue weighted by atomic mass is 10.1. The summed E-state index contributed by atoms with van der Waals surface area (Å²) in [7, 11) is 1.43. The molecule has 0 aliphatic heterocycles. The molecule has 0 heterocycles. The summed E-state index contributed by atoms with van der Waals surface area (Å²) in [6, 6.07) is 16.2. The van der Waals surface area contributed by atoms with Crippen molar-refractivity contribution in [2.75, 3.05) is 7.11 Å². The zero-order valence-electron chi connectivity index (χ0n) is 17.5. The number of benzene rings is 4. The maximum Gasteiger partial charge on any atom is 0.142 e. The molecule has 4 aromatic rings. The predicted molar refractivity (Wildman–Crippen MR) is 119 cm³/mol.